The maximum absolute atomic E-state index is 9.26. The van der Waals surface area contributed by atoms with E-state index in [4.69, 9.17) is 14.7 Å². The van der Waals surface area contributed by atoms with Gasteiger partial charge in [-0.2, -0.15) is 4.98 Å². The quantitative estimate of drug-likeness (QED) is 0.764. The summed E-state index contributed by atoms with van der Waals surface area (Å²) in [5, 5.41) is 13.2. The third-order valence-corrected chi connectivity index (χ3v) is 3.25. The van der Waals surface area contributed by atoms with E-state index in [-0.39, 0.29) is 5.75 Å². The topological polar surface area (TPSA) is 98.3 Å². The average molecular weight is 285 g/mol. The Morgan fingerprint density at radius 1 is 1.24 bits per heavy atom. The summed E-state index contributed by atoms with van der Waals surface area (Å²) in [6, 6.07) is 8.25. The number of nitrogens with zero attached hydrogens (tertiary/aromatic N) is 2. The van der Waals surface area contributed by atoms with E-state index in [0.717, 1.165) is 16.9 Å². The number of furan rings is 1. The first kappa shape index (κ1) is 13.4. The molecule has 1 aromatic carbocycles. The monoisotopic (exact) mass is 285 g/mol. The number of phenols is 1. The van der Waals surface area contributed by atoms with Crippen LogP contribution in [-0.2, 0) is 6.42 Å². The molecule has 1 unspecified atom stereocenters. The maximum Gasteiger partial charge on any atom is 0.244 e. The van der Waals surface area contributed by atoms with Crippen molar-refractivity contribution in [3.8, 4) is 17.1 Å². The van der Waals surface area contributed by atoms with Crippen LogP contribution in [0.25, 0.3) is 11.4 Å². The van der Waals surface area contributed by atoms with E-state index in [1.54, 1.807) is 24.5 Å². The van der Waals surface area contributed by atoms with Crippen molar-refractivity contribution in [3.63, 3.8) is 0 Å². The van der Waals surface area contributed by atoms with Crippen LogP contribution >= 0.6 is 0 Å². The highest BCUT2D eigenvalue weighted by atomic mass is 16.5. The zero-order valence-corrected chi connectivity index (χ0v) is 11.5. The molecule has 6 nitrogen and oxygen atoms in total. The van der Waals surface area contributed by atoms with Crippen LogP contribution in [0.4, 0.5) is 0 Å². The maximum atomic E-state index is 9.26. The van der Waals surface area contributed by atoms with E-state index in [1.807, 2.05) is 19.1 Å². The highest BCUT2D eigenvalue weighted by Gasteiger charge is 2.18. The van der Waals surface area contributed by atoms with Gasteiger partial charge in [0.15, 0.2) is 0 Å². The predicted octanol–water partition coefficient (Wildman–Crippen LogP) is 2.59. The second kappa shape index (κ2) is 5.41. The molecule has 0 saturated heterocycles. The second-order valence-corrected chi connectivity index (χ2v) is 4.82. The molecule has 0 fully saturated rings. The zero-order valence-electron chi connectivity index (χ0n) is 11.5. The normalized spacial score (nSPS) is 12.5. The van der Waals surface area contributed by atoms with Crippen molar-refractivity contribution in [3.05, 3.63) is 53.8 Å². The largest absolute Gasteiger partial charge is 0.508 e. The Labute approximate surface area is 121 Å². The standard InChI is InChI=1S/C15H15N3O3/c1-9-12(6-7-20-9)14-17-15(21-18-14)13(16)8-10-2-4-11(19)5-3-10/h2-7,13,19H,8,16H2,1H3. The van der Waals surface area contributed by atoms with Gasteiger partial charge in [0.05, 0.1) is 17.9 Å². The third-order valence-electron chi connectivity index (χ3n) is 3.25. The Morgan fingerprint density at radius 2 is 2.00 bits per heavy atom. The van der Waals surface area contributed by atoms with Crippen LogP contribution in [0.3, 0.4) is 0 Å². The van der Waals surface area contributed by atoms with Gasteiger partial charge in [-0.25, -0.2) is 0 Å². The van der Waals surface area contributed by atoms with Gasteiger partial charge in [-0.3, -0.25) is 0 Å². The summed E-state index contributed by atoms with van der Waals surface area (Å²) in [6.45, 7) is 1.84. The van der Waals surface area contributed by atoms with Crippen LogP contribution in [0, 0.1) is 6.92 Å². The van der Waals surface area contributed by atoms with Crippen molar-refractivity contribution in [1.29, 1.82) is 0 Å². The lowest BCUT2D eigenvalue weighted by Gasteiger charge is -2.06. The fourth-order valence-electron chi connectivity index (χ4n) is 2.09. The van der Waals surface area contributed by atoms with Crippen molar-refractivity contribution >= 4 is 0 Å². The Bertz CT molecular complexity index is 731. The molecule has 3 rings (SSSR count). The number of nitrogens with two attached hydrogens (primary N) is 1. The third kappa shape index (κ3) is 2.80. The lowest BCUT2D eigenvalue weighted by atomic mass is 10.1. The molecule has 21 heavy (non-hydrogen) atoms. The molecule has 0 saturated carbocycles. The van der Waals surface area contributed by atoms with Crippen LogP contribution in [0.5, 0.6) is 5.75 Å². The van der Waals surface area contributed by atoms with Gasteiger partial charge in [0.1, 0.15) is 11.5 Å². The lowest BCUT2D eigenvalue weighted by molar-refractivity contribution is 0.354. The van der Waals surface area contributed by atoms with E-state index in [0.29, 0.717) is 18.1 Å². The Balaban J connectivity index is 1.76. The minimum absolute atomic E-state index is 0.225. The Morgan fingerprint density at radius 3 is 2.67 bits per heavy atom. The molecule has 6 heteroatoms. The highest BCUT2D eigenvalue weighted by Crippen LogP contribution is 2.23. The number of phenolic OH excluding ortho intramolecular Hbond substituents is 1. The van der Waals surface area contributed by atoms with Crippen molar-refractivity contribution < 1.29 is 14.0 Å². The molecule has 2 aromatic heterocycles. The van der Waals surface area contributed by atoms with Gasteiger partial charge >= 0.3 is 0 Å². The molecule has 1 atom stereocenters. The number of benzene rings is 1. The molecule has 0 aliphatic rings. The number of hydrogen-bond acceptors (Lipinski definition) is 6. The molecule has 0 amide bonds. The minimum atomic E-state index is -0.400. The summed E-state index contributed by atoms with van der Waals surface area (Å²) in [5.41, 5.74) is 7.87. The van der Waals surface area contributed by atoms with E-state index < -0.39 is 6.04 Å². The van der Waals surface area contributed by atoms with E-state index >= 15 is 0 Å². The predicted molar refractivity (Wildman–Crippen MR) is 75.5 cm³/mol. The number of aromatic hydroxyl groups is 1. The van der Waals surface area contributed by atoms with Crippen molar-refractivity contribution in [1.82, 2.24) is 10.1 Å². The smallest absolute Gasteiger partial charge is 0.244 e. The van der Waals surface area contributed by atoms with Gasteiger partial charge in [-0.15, -0.1) is 0 Å². The number of hydrogen-bond donors (Lipinski definition) is 2. The molecule has 0 aliphatic carbocycles. The summed E-state index contributed by atoms with van der Waals surface area (Å²) in [6.07, 6.45) is 2.13. The Hall–Kier alpha value is -2.60. The van der Waals surface area contributed by atoms with E-state index in [9.17, 15) is 5.11 Å². The van der Waals surface area contributed by atoms with Crippen LogP contribution in [0.15, 0.2) is 45.5 Å². The van der Waals surface area contributed by atoms with E-state index in [1.165, 1.54) is 0 Å². The van der Waals surface area contributed by atoms with Crippen molar-refractivity contribution in [2.24, 2.45) is 5.73 Å². The molecule has 108 valence electrons. The SMILES string of the molecule is Cc1occc1-c1noc(C(N)Cc2ccc(O)cc2)n1. The average Bonchev–Trinajstić information content (AvgIpc) is 3.09. The van der Waals surface area contributed by atoms with Crippen LogP contribution in [0.1, 0.15) is 23.3 Å². The molecule has 0 bridgehead atoms. The molecule has 3 aromatic rings. The van der Waals surface area contributed by atoms with Crippen LogP contribution in [0.2, 0.25) is 0 Å². The number of rotatable bonds is 4. The number of aryl methyl sites for hydroxylation is 1. The highest BCUT2D eigenvalue weighted by molar-refractivity contribution is 5.56. The molecule has 0 radical (unpaired) electrons. The minimum Gasteiger partial charge on any atom is -0.508 e. The fourth-order valence-corrected chi connectivity index (χ4v) is 2.09. The summed E-state index contributed by atoms with van der Waals surface area (Å²) >= 11 is 0. The van der Waals surface area contributed by atoms with Gasteiger partial charge in [0.2, 0.25) is 11.7 Å². The Kier molecular flexibility index (Phi) is 3.45. The van der Waals surface area contributed by atoms with Gasteiger partial charge in [-0.05, 0) is 37.1 Å². The number of aromatic nitrogens is 2. The molecular formula is C15H15N3O3. The van der Waals surface area contributed by atoms with Gasteiger partial charge in [0.25, 0.3) is 0 Å². The molecule has 0 aliphatic heterocycles. The van der Waals surface area contributed by atoms with Crippen LogP contribution in [-0.4, -0.2) is 15.2 Å². The summed E-state index contributed by atoms with van der Waals surface area (Å²) in [4.78, 5) is 4.32. The van der Waals surface area contributed by atoms with Crippen molar-refractivity contribution in [2.75, 3.05) is 0 Å². The van der Waals surface area contributed by atoms with E-state index in [2.05, 4.69) is 10.1 Å². The fraction of sp³-hybridized carbons (Fsp3) is 0.200. The molecule has 0 spiro atoms. The summed E-state index contributed by atoms with van der Waals surface area (Å²) in [7, 11) is 0. The van der Waals surface area contributed by atoms with Crippen molar-refractivity contribution in [2.45, 2.75) is 19.4 Å². The summed E-state index contributed by atoms with van der Waals surface area (Å²) in [5.74, 6) is 1.80. The first-order valence-corrected chi connectivity index (χ1v) is 6.55. The first-order chi connectivity index (χ1) is 10.1. The lowest BCUT2D eigenvalue weighted by Crippen LogP contribution is -2.13. The molecule has 2 heterocycles. The first-order valence-electron chi connectivity index (χ1n) is 6.55. The van der Waals surface area contributed by atoms with Gasteiger partial charge < -0.3 is 19.8 Å². The molecular weight excluding hydrogens is 270 g/mol. The van der Waals surface area contributed by atoms with Gasteiger partial charge in [0, 0.05) is 0 Å². The van der Waals surface area contributed by atoms with Crippen LogP contribution < -0.4 is 5.73 Å². The summed E-state index contributed by atoms with van der Waals surface area (Å²) < 4.78 is 10.4. The molecule has 3 N–H and O–H groups in total. The zero-order chi connectivity index (χ0) is 14.8. The van der Waals surface area contributed by atoms with Gasteiger partial charge in [-0.1, -0.05) is 17.3 Å². The second-order valence-electron chi connectivity index (χ2n) is 4.82.